The van der Waals surface area contributed by atoms with Crippen LogP contribution >= 0.6 is 0 Å². The van der Waals surface area contributed by atoms with Crippen LogP contribution in [-0.4, -0.2) is 60.9 Å². The van der Waals surface area contributed by atoms with Gasteiger partial charge in [-0.1, -0.05) is 18.2 Å². The first-order chi connectivity index (χ1) is 16.0. The molecule has 0 fully saturated rings. The summed E-state index contributed by atoms with van der Waals surface area (Å²) in [5, 5.41) is 7.25. The predicted octanol–water partition coefficient (Wildman–Crippen LogP) is 3.63. The van der Waals surface area contributed by atoms with Crippen molar-refractivity contribution in [3.8, 4) is 22.9 Å². The smallest absolute Gasteiger partial charge is 0.259 e. The molecule has 0 saturated carbocycles. The molecule has 2 aromatic carbocycles. The van der Waals surface area contributed by atoms with E-state index in [2.05, 4.69) is 10.4 Å². The van der Waals surface area contributed by atoms with Crippen LogP contribution in [0.25, 0.3) is 5.69 Å². The van der Waals surface area contributed by atoms with Gasteiger partial charge < -0.3 is 24.4 Å². The summed E-state index contributed by atoms with van der Waals surface area (Å²) in [7, 11) is 4.44. The Bertz CT molecular complexity index is 1100. The maximum absolute atomic E-state index is 13.3. The molecular weight excluding hydrogens is 424 g/mol. The molecule has 0 aliphatic carbocycles. The molecule has 9 heteroatoms. The van der Waals surface area contributed by atoms with E-state index in [9.17, 15) is 9.59 Å². The van der Waals surface area contributed by atoms with E-state index in [-0.39, 0.29) is 17.3 Å². The first-order valence-corrected chi connectivity index (χ1v) is 10.5. The van der Waals surface area contributed by atoms with Gasteiger partial charge in [-0.3, -0.25) is 9.59 Å². The number of ether oxygens (including phenoxy) is 3. The van der Waals surface area contributed by atoms with Crippen LogP contribution < -0.4 is 19.5 Å². The summed E-state index contributed by atoms with van der Waals surface area (Å²) >= 11 is 0. The summed E-state index contributed by atoms with van der Waals surface area (Å²) in [6, 6.07) is 12.4. The number of anilines is 1. The number of nitrogens with one attached hydrogen (secondary N) is 1. The number of carbonyl (C=O) groups is 2. The standard InChI is InChI=1S/C24H28N4O5/c1-6-27(7-2)24(30)18-15-25-28(17-11-9-8-10-12-17)22(18)26-23(29)16-13-19(31-3)21(33-5)20(14-16)32-4/h8-15H,6-7H2,1-5H3,(H,26,29). The fourth-order valence-corrected chi connectivity index (χ4v) is 3.46. The molecule has 174 valence electrons. The molecule has 0 aliphatic heterocycles. The molecule has 0 saturated heterocycles. The molecule has 3 rings (SSSR count). The lowest BCUT2D eigenvalue weighted by molar-refractivity contribution is 0.0774. The van der Waals surface area contributed by atoms with E-state index in [0.29, 0.717) is 41.6 Å². The van der Waals surface area contributed by atoms with Gasteiger partial charge >= 0.3 is 0 Å². The van der Waals surface area contributed by atoms with Crippen molar-refractivity contribution in [2.24, 2.45) is 0 Å². The molecule has 3 aromatic rings. The zero-order valence-corrected chi connectivity index (χ0v) is 19.4. The van der Waals surface area contributed by atoms with Crippen LogP contribution in [0.2, 0.25) is 0 Å². The van der Waals surface area contributed by atoms with Crippen LogP contribution in [0.4, 0.5) is 5.82 Å². The van der Waals surface area contributed by atoms with E-state index < -0.39 is 5.91 Å². The zero-order chi connectivity index (χ0) is 24.0. The number of nitrogens with zero attached hydrogens (tertiary/aromatic N) is 3. The average Bonchev–Trinajstić information content (AvgIpc) is 3.27. The van der Waals surface area contributed by atoms with Gasteiger partial charge in [-0.05, 0) is 38.1 Å². The Morgan fingerprint density at radius 3 is 2.09 bits per heavy atom. The highest BCUT2D eigenvalue weighted by molar-refractivity contribution is 6.09. The topological polar surface area (TPSA) is 94.9 Å². The maximum atomic E-state index is 13.3. The lowest BCUT2D eigenvalue weighted by Crippen LogP contribution is -2.31. The Labute approximate surface area is 192 Å². The SMILES string of the molecule is CCN(CC)C(=O)c1cnn(-c2ccccc2)c1NC(=O)c1cc(OC)c(OC)c(OC)c1. The number of rotatable bonds is 9. The van der Waals surface area contributed by atoms with Crippen LogP contribution in [0.1, 0.15) is 34.6 Å². The molecule has 0 unspecified atom stereocenters. The van der Waals surface area contributed by atoms with Crippen LogP contribution in [0, 0.1) is 0 Å². The molecule has 2 amide bonds. The van der Waals surface area contributed by atoms with Crippen LogP contribution in [0.3, 0.4) is 0 Å². The first kappa shape index (κ1) is 23.6. The lowest BCUT2D eigenvalue weighted by atomic mass is 10.1. The van der Waals surface area contributed by atoms with Crippen LogP contribution in [0.15, 0.2) is 48.7 Å². The summed E-state index contributed by atoms with van der Waals surface area (Å²) in [6.45, 7) is 4.87. The van der Waals surface area contributed by atoms with Crippen molar-refractivity contribution in [2.45, 2.75) is 13.8 Å². The van der Waals surface area contributed by atoms with Crippen molar-refractivity contribution in [1.29, 1.82) is 0 Å². The lowest BCUT2D eigenvalue weighted by Gasteiger charge is -2.19. The van der Waals surface area contributed by atoms with Crippen LogP contribution in [-0.2, 0) is 0 Å². The quantitative estimate of drug-likeness (QED) is 0.533. The molecule has 1 N–H and O–H groups in total. The maximum Gasteiger partial charge on any atom is 0.259 e. The Kier molecular flexibility index (Phi) is 7.55. The van der Waals surface area contributed by atoms with Gasteiger partial charge in [0.05, 0.1) is 33.2 Å². The van der Waals surface area contributed by atoms with Gasteiger partial charge in [-0.2, -0.15) is 5.10 Å². The summed E-state index contributed by atoms with van der Waals surface area (Å²) in [4.78, 5) is 28.1. The molecule has 9 nitrogen and oxygen atoms in total. The van der Waals surface area contributed by atoms with E-state index in [1.807, 2.05) is 44.2 Å². The van der Waals surface area contributed by atoms with E-state index in [4.69, 9.17) is 14.2 Å². The second kappa shape index (κ2) is 10.5. The number of benzene rings is 2. The Hall–Kier alpha value is -4.01. The second-order valence-corrected chi connectivity index (χ2v) is 7.00. The van der Waals surface area contributed by atoms with Gasteiger partial charge in [0, 0.05) is 18.7 Å². The number of amides is 2. The van der Waals surface area contributed by atoms with Gasteiger partial charge in [0.25, 0.3) is 11.8 Å². The largest absolute Gasteiger partial charge is 0.493 e. The molecule has 0 aliphatic rings. The zero-order valence-electron chi connectivity index (χ0n) is 19.4. The predicted molar refractivity (Wildman–Crippen MR) is 125 cm³/mol. The van der Waals surface area contributed by atoms with E-state index in [1.54, 1.807) is 17.0 Å². The fourth-order valence-electron chi connectivity index (χ4n) is 3.46. The average molecular weight is 453 g/mol. The van der Waals surface area contributed by atoms with Crippen LogP contribution in [0.5, 0.6) is 17.2 Å². The minimum atomic E-state index is -0.458. The number of methoxy groups -OCH3 is 3. The molecule has 33 heavy (non-hydrogen) atoms. The van der Waals surface area contributed by atoms with Gasteiger partial charge in [-0.15, -0.1) is 0 Å². The van der Waals surface area contributed by atoms with E-state index in [0.717, 1.165) is 0 Å². The van der Waals surface area contributed by atoms with E-state index in [1.165, 1.54) is 32.2 Å². The van der Waals surface area contributed by atoms with Crippen molar-refractivity contribution >= 4 is 17.6 Å². The minimum absolute atomic E-state index is 0.220. The molecule has 1 heterocycles. The number of para-hydroxylation sites is 1. The van der Waals surface area contributed by atoms with Gasteiger partial charge in [-0.25, -0.2) is 4.68 Å². The number of carbonyl (C=O) groups excluding carboxylic acids is 2. The van der Waals surface area contributed by atoms with Gasteiger partial charge in [0.2, 0.25) is 5.75 Å². The third-order valence-corrected chi connectivity index (χ3v) is 5.21. The minimum Gasteiger partial charge on any atom is -0.493 e. The third-order valence-electron chi connectivity index (χ3n) is 5.21. The van der Waals surface area contributed by atoms with E-state index >= 15 is 0 Å². The highest BCUT2D eigenvalue weighted by Crippen LogP contribution is 2.38. The number of aromatic nitrogens is 2. The monoisotopic (exact) mass is 452 g/mol. The molecular formula is C24H28N4O5. The molecule has 0 atom stereocenters. The van der Waals surface area contributed by atoms with Crippen molar-refractivity contribution in [2.75, 3.05) is 39.7 Å². The third kappa shape index (κ3) is 4.77. The van der Waals surface area contributed by atoms with Crippen molar-refractivity contribution in [3.05, 3.63) is 59.8 Å². The molecule has 1 aromatic heterocycles. The normalized spacial score (nSPS) is 10.5. The second-order valence-electron chi connectivity index (χ2n) is 7.00. The summed E-state index contributed by atoms with van der Waals surface area (Å²) in [6.07, 6.45) is 1.47. The van der Waals surface area contributed by atoms with Crippen molar-refractivity contribution in [3.63, 3.8) is 0 Å². The fraction of sp³-hybridized carbons (Fsp3) is 0.292. The Morgan fingerprint density at radius 1 is 0.970 bits per heavy atom. The summed E-state index contributed by atoms with van der Waals surface area (Å²) in [5.74, 6) is 0.666. The summed E-state index contributed by atoms with van der Waals surface area (Å²) in [5.41, 5.74) is 1.27. The molecule has 0 bridgehead atoms. The van der Waals surface area contributed by atoms with Gasteiger partial charge in [0.1, 0.15) is 11.4 Å². The van der Waals surface area contributed by atoms with Gasteiger partial charge in [0.15, 0.2) is 11.5 Å². The molecule has 0 spiro atoms. The molecule has 0 radical (unpaired) electrons. The summed E-state index contributed by atoms with van der Waals surface area (Å²) < 4.78 is 17.6. The first-order valence-electron chi connectivity index (χ1n) is 10.5. The van der Waals surface area contributed by atoms with Crippen molar-refractivity contribution < 1.29 is 23.8 Å². The highest BCUT2D eigenvalue weighted by atomic mass is 16.5. The highest BCUT2D eigenvalue weighted by Gasteiger charge is 2.25. The Balaban J connectivity index is 2.07. The number of hydrogen-bond acceptors (Lipinski definition) is 6. The number of hydrogen-bond donors (Lipinski definition) is 1. The Morgan fingerprint density at radius 2 is 1.58 bits per heavy atom. The van der Waals surface area contributed by atoms with Crippen molar-refractivity contribution in [1.82, 2.24) is 14.7 Å².